The molecule has 0 bridgehead atoms. The number of ether oxygens (including phenoxy) is 3. The zero-order valence-electron chi connectivity index (χ0n) is 20.2. The first-order valence-electron chi connectivity index (χ1n) is 11.9. The van der Waals surface area contributed by atoms with Crippen LogP contribution in [0.4, 0.5) is 0 Å². The predicted molar refractivity (Wildman–Crippen MR) is 133 cm³/mol. The van der Waals surface area contributed by atoms with Crippen molar-refractivity contribution in [2.75, 3.05) is 40.0 Å². The molecule has 2 aliphatic heterocycles. The monoisotopic (exact) mass is 515 g/mol. The molecule has 1 saturated heterocycles. The summed E-state index contributed by atoms with van der Waals surface area (Å²) >= 11 is 6.54. The van der Waals surface area contributed by atoms with Crippen molar-refractivity contribution in [1.29, 1.82) is 0 Å². The van der Waals surface area contributed by atoms with Crippen LogP contribution < -0.4 is 5.73 Å². The Hall–Kier alpha value is -3.14. The van der Waals surface area contributed by atoms with Gasteiger partial charge in [-0.05, 0) is 41.3 Å². The molecule has 0 saturated carbocycles. The van der Waals surface area contributed by atoms with Gasteiger partial charge in [-0.1, -0.05) is 23.7 Å². The van der Waals surface area contributed by atoms with Crippen LogP contribution in [0.15, 0.2) is 53.5 Å². The van der Waals surface area contributed by atoms with Crippen molar-refractivity contribution >= 4 is 29.3 Å². The third-order valence-electron chi connectivity index (χ3n) is 6.48. The van der Waals surface area contributed by atoms with E-state index in [1.54, 1.807) is 17.2 Å². The summed E-state index contributed by atoms with van der Waals surface area (Å²) in [5.41, 5.74) is 8.93. The van der Waals surface area contributed by atoms with Crippen LogP contribution in [0.3, 0.4) is 0 Å². The highest BCUT2D eigenvalue weighted by Gasteiger charge is 2.33. The maximum absolute atomic E-state index is 12.7. The number of halogens is 1. The highest BCUT2D eigenvalue weighted by Crippen LogP contribution is 2.32. The average molecular weight is 516 g/mol. The first-order chi connectivity index (χ1) is 17.4. The van der Waals surface area contributed by atoms with E-state index in [0.717, 1.165) is 49.5 Å². The van der Waals surface area contributed by atoms with Gasteiger partial charge in [-0.15, -0.1) is 0 Å². The molecule has 0 aromatic heterocycles. The zero-order valence-corrected chi connectivity index (χ0v) is 21.0. The van der Waals surface area contributed by atoms with Crippen LogP contribution in [0.5, 0.6) is 0 Å². The lowest BCUT2D eigenvalue weighted by Crippen LogP contribution is -2.41. The Balaban J connectivity index is 1.43. The van der Waals surface area contributed by atoms with Gasteiger partial charge in [0.2, 0.25) is 11.7 Å². The second-order valence-electron chi connectivity index (χ2n) is 8.90. The fraction of sp³-hybridized carbons (Fsp3) is 0.423. The molecule has 2 heterocycles. The van der Waals surface area contributed by atoms with Crippen LogP contribution in [-0.2, 0) is 41.7 Å². The molecule has 1 atom stereocenters. The molecule has 1 fully saturated rings. The molecule has 192 valence electrons. The van der Waals surface area contributed by atoms with E-state index >= 15 is 0 Å². The number of carbonyl (C=O) groups is 3. The predicted octanol–water partition coefficient (Wildman–Crippen LogP) is 2.09. The number of ketones is 1. The zero-order chi connectivity index (χ0) is 25.7. The Morgan fingerprint density at radius 3 is 2.69 bits per heavy atom. The first-order valence-corrected chi connectivity index (χ1v) is 12.2. The molecule has 9 nitrogen and oxygen atoms in total. The summed E-state index contributed by atoms with van der Waals surface area (Å²) in [4.78, 5) is 40.3. The third kappa shape index (κ3) is 6.16. The highest BCUT2D eigenvalue weighted by atomic mass is 35.5. The van der Waals surface area contributed by atoms with E-state index in [1.807, 2.05) is 18.2 Å². The number of fused-ring (bicyclic) bond motifs is 1. The standard InChI is InChI=1S/C26H30ClN3O6/c1-34-24(32)7-5-22(26(28)33)30-14-18-4-6-23(31)25(20(18)15-30)36-16-17-2-3-19(21(27)12-17)13-29-8-10-35-11-9-29/h2-4,6,12,14,22H,5,7-11,13,15-16H2,1H3,(H2,28,33). The fourth-order valence-electron chi connectivity index (χ4n) is 4.46. The summed E-state index contributed by atoms with van der Waals surface area (Å²) in [5.74, 6) is -0.988. The molecule has 1 aromatic carbocycles. The molecule has 0 radical (unpaired) electrons. The SMILES string of the molecule is COC(=O)CCC(C(N)=O)N1C=C2C=CC(=O)C(OCc3ccc(CN4CCOCC4)c(Cl)c3)=C2C1. The minimum Gasteiger partial charge on any atom is -0.484 e. The number of benzene rings is 1. The number of hydrogen-bond donors (Lipinski definition) is 1. The van der Waals surface area contributed by atoms with Crippen LogP contribution >= 0.6 is 11.6 Å². The van der Waals surface area contributed by atoms with Gasteiger partial charge in [-0.3, -0.25) is 19.3 Å². The van der Waals surface area contributed by atoms with Crippen molar-refractivity contribution in [2.24, 2.45) is 5.73 Å². The van der Waals surface area contributed by atoms with Gasteiger partial charge in [0.05, 0.1) is 20.3 Å². The number of methoxy groups -OCH3 is 1. The molecule has 0 spiro atoms. The van der Waals surface area contributed by atoms with Gasteiger partial charge < -0.3 is 24.8 Å². The van der Waals surface area contributed by atoms with Crippen LogP contribution in [0, 0.1) is 0 Å². The minimum absolute atomic E-state index is 0.0588. The lowest BCUT2D eigenvalue weighted by atomic mass is 10.00. The number of amides is 1. The quantitative estimate of drug-likeness (QED) is 0.471. The van der Waals surface area contributed by atoms with Crippen molar-refractivity contribution in [1.82, 2.24) is 9.80 Å². The minimum atomic E-state index is -0.711. The third-order valence-corrected chi connectivity index (χ3v) is 6.83. The summed E-state index contributed by atoms with van der Waals surface area (Å²) in [5, 5.41) is 0.651. The molecule has 2 N–H and O–H groups in total. The fourth-order valence-corrected chi connectivity index (χ4v) is 4.73. The summed E-state index contributed by atoms with van der Waals surface area (Å²) in [6.45, 7) is 4.40. The number of nitrogens with zero attached hydrogens (tertiary/aromatic N) is 2. The normalized spacial score (nSPS) is 18.7. The summed E-state index contributed by atoms with van der Waals surface area (Å²) < 4.78 is 16.0. The smallest absolute Gasteiger partial charge is 0.305 e. The van der Waals surface area contributed by atoms with E-state index in [9.17, 15) is 14.4 Å². The molecule has 1 unspecified atom stereocenters. The van der Waals surface area contributed by atoms with Crippen molar-refractivity contribution in [3.8, 4) is 0 Å². The van der Waals surface area contributed by atoms with Crippen molar-refractivity contribution < 1.29 is 28.6 Å². The molecule has 1 aromatic rings. The van der Waals surface area contributed by atoms with Crippen LogP contribution in [-0.4, -0.2) is 73.5 Å². The molecule has 1 aliphatic carbocycles. The molecule has 36 heavy (non-hydrogen) atoms. The summed E-state index contributed by atoms with van der Waals surface area (Å²) in [7, 11) is 1.30. The molecule has 3 aliphatic rings. The second-order valence-corrected chi connectivity index (χ2v) is 9.31. The first kappa shape index (κ1) is 25.9. The highest BCUT2D eigenvalue weighted by molar-refractivity contribution is 6.31. The summed E-state index contributed by atoms with van der Waals surface area (Å²) in [6.07, 6.45) is 5.18. The maximum atomic E-state index is 12.7. The number of allylic oxidation sites excluding steroid dienone is 2. The number of morpholine rings is 1. The number of hydrogen-bond acceptors (Lipinski definition) is 8. The van der Waals surface area contributed by atoms with Crippen LogP contribution in [0.1, 0.15) is 24.0 Å². The van der Waals surface area contributed by atoms with Gasteiger partial charge in [0.25, 0.3) is 0 Å². The molecule has 10 heteroatoms. The van der Waals surface area contributed by atoms with E-state index in [2.05, 4.69) is 9.64 Å². The maximum Gasteiger partial charge on any atom is 0.305 e. The molecule has 4 rings (SSSR count). The molecular weight excluding hydrogens is 486 g/mol. The Labute approximate surface area is 215 Å². The Morgan fingerprint density at radius 2 is 2.00 bits per heavy atom. The summed E-state index contributed by atoms with van der Waals surface area (Å²) in [6, 6.07) is 5.08. The van der Waals surface area contributed by atoms with Gasteiger partial charge in [-0.25, -0.2) is 0 Å². The van der Waals surface area contributed by atoms with Gasteiger partial charge in [-0.2, -0.15) is 0 Å². The second kappa shape index (κ2) is 11.7. The van der Waals surface area contributed by atoms with Gasteiger partial charge in [0, 0.05) is 49.4 Å². The van der Waals surface area contributed by atoms with Gasteiger partial charge >= 0.3 is 5.97 Å². The Kier molecular flexibility index (Phi) is 8.45. The number of esters is 1. The van der Waals surface area contributed by atoms with Crippen molar-refractivity contribution in [3.63, 3.8) is 0 Å². The van der Waals surface area contributed by atoms with Gasteiger partial charge in [0.15, 0.2) is 5.76 Å². The van der Waals surface area contributed by atoms with E-state index < -0.39 is 17.9 Å². The number of primary amides is 1. The van der Waals surface area contributed by atoms with E-state index in [4.69, 9.17) is 26.8 Å². The largest absolute Gasteiger partial charge is 0.484 e. The number of rotatable bonds is 10. The van der Waals surface area contributed by atoms with Crippen LogP contribution in [0.25, 0.3) is 0 Å². The lowest BCUT2D eigenvalue weighted by molar-refractivity contribution is -0.141. The lowest BCUT2D eigenvalue weighted by Gasteiger charge is -2.27. The van der Waals surface area contributed by atoms with Crippen molar-refractivity contribution in [3.05, 3.63) is 69.6 Å². The van der Waals surface area contributed by atoms with Crippen LogP contribution in [0.2, 0.25) is 5.02 Å². The average Bonchev–Trinajstić information content (AvgIpc) is 3.29. The molecular formula is C26H30ClN3O6. The number of carbonyl (C=O) groups excluding carboxylic acids is 3. The number of nitrogens with two attached hydrogens (primary N) is 1. The Morgan fingerprint density at radius 1 is 1.22 bits per heavy atom. The Bertz CT molecular complexity index is 1120. The van der Waals surface area contributed by atoms with Gasteiger partial charge in [0.1, 0.15) is 12.6 Å². The van der Waals surface area contributed by atoms with Crippen molar-refractivity contribution in [2.45, 2.75) is 32.0 Å². The van der Waals surface area contributed by atoms with E-state index in [0.29, 0.717) is 10.6 Å². The topological polar surface area (TPSA) is 111 Å². The van der Waals surface area contributed by atoms with E-state index in [1.165, 1.54) is 13.2 Å². The van der Waals surface area contributed by atoms with E-state index in [-0.39, 0.29) is 37.5 Å². The molecule has 1 amide bonds.